The predicted molar refractivity (Wildman–Crippen MR) is 245 cm³/mol. The Morgan fingerprint density at radius 2 is 0.789 bits per heavy atom. The Morgan fingerprint density at radius 3 is 1.44 bits per heavy atom. The van der Waals surface area contributed by atoms with E-state index in [1.54, 1.807) is 0 Å². The summed E-state index contributed by atoms with van der Waals surface area (Å²) in [6.07, 6.45) is 0. The summed E-state index contributed by atoms with van der Waals surface area (Å²) in [5.41, 5.74) is 14.3. The van der Waals surface area contributed by atoms with Crippen molar-refractivity contribution in [2.75, 3.05) is 4.90 Å². The SMILES string of the molecule is c1ccc(-c2ccc(N(c3ccc(-c4ccccc4)cc3)c3ccc4c(c3)sc3ccc(-c5ccc6c(c5)c5ccccc5n6-c5ccccc5)cc34)cc2)cc1. The molecule has 0 bridgehead atoms. The minimum Gasteiger partial charge on any atom is -0.310 e. The molecule has 0 radical (unpaired) electrons. The number of aromatic nitrogens is 1. The number of nitrogens with zero attached hydrogens (tertiary/aromatic N) is 2. The standard InChI is InChI=1S/C54H36N2S/c1-4-12-37(13-5-1)39-20-26-44(27-21-39)55(45-28-22-40(23-29-45)38-14-6-2-7-15-38)46-30-31-48-50-35-42(25-33-53(50)57-54(48)36-46)41-24-32-52-49(34-41)47-18-10-11-19-51(47)56(52)43-16-8-3-9-17-43/h1-36H. The van der Waals surface area contributed by atoms with Crippen LogP contribution in [0.4, 0.5) is 17.1 Å². The summed E-state index contributed by atoms with van der Waals surface area (Å²) >= 11 is 1.86. The number of hydrogen-bond acceptors (Lipinski definition) is 2. The van der Waals surface area contributed by atoms with Crippen LogP contribution in [-0.2, 0) is 0 Å². The minimum absolute atomic E-state index is 1.12. The van der Waals surface area contributed by atoms with Gasteiger partial charge < -0.3 is 9.47 Å². The Hall–Kier alpha value is -7.20. The third kappa shape index (κ3) is 5.88. The molecule has 0 aliphatic carbocycles. The van der Waals surface area contributed by atoms with Gasteiger partial charge in [-0.3, -0.25) is 0 Å². The second-order valence-electron chi connectivity index (χ2n) is 14.6. The third-order valence-electron chi connectivity index (χ3n) is 11.2. The number of para-hydroxylation sites is 2. The summed E-state index contributed by atoms with van der Waals surface area (Å²) in [5.74, 6) is 0. The van der Waals surface area contributed by atoms with Crippen molar-refractivity contribution in [1.29, 1.82) is 0 Å². The van der Waals surface area contributed by atoms with E-state index in [1.165, 1.54) is 81.0 Å². The van der Waals surface area contributed by atoms with Crippen molar-refractivity contribution in [1.82, 2.24) is 4.57 Å². The van der Waals surface area contributed by atoms with Gasteiger partial charge in [-0.2, -0.15) is 0 Å². The van der Waals surface area contributed by atoms with E-state index in [0.717, 1.165) is 17.1 Å². The second kappa shape index (κ2) is 13.8. The summed E-state index contributed by atoms with van der Waals surface area (Å²) in [7, 11) is 0. The second-order valence-corrected chi connectivity index (χ2v) is 15.7. The molecule has 0 aliphatic rings. The highest BCUT2D eigenvalue weighted by Gasteiger charge is 2.17. The van der Waals surface area contributed by atoms with Gasteiger partial charge in [0.1, 0.15) is 0 Å². The fourth-order valence-corrected chi connectivity index (χ4v) is 9.53. The van der Waals surface area contributed by atoms with Gasteiger partial charge in [-0.15, -0.1) is 11.3 Å². The van der Waals surface area contributed by atoms with Crippen LogP contribution >= 0.6 is 11.3 Å². The summed E-state index contributed by atoms with van der Waals surface area (Å²) < 4.78 is 4.94. The van der Waals surface area contributed by atoms with Crippen LogP contribution in [0, 0.1) is 0 Å². The molecule has 0 saturated heterocycles. The lowest BCUT2D eigenvalue weighted by atomic mass is 10.0. The van der Waals surface area contributed by atoms with E-state index in [-0.39, 0.29) is 0 Å². The van der Waals surface area contributed by atoms with Crippen molar-refractivity contribution in [2.45, 2.75) is 0 Å². The maximum absolute atomic E-state index is 2.38. The molecule has 9 aromatic carbocycles. The summed E-state index contributed by atoms with van der Waals surface area (Å²) in [6, 6.07) is 79.3. The molecule has 11 aromatic rings. The van der Waals surface area contributed by atoms with E-state index in [4.69, 9.17) is 0 Å². The molecule has 2 heterocycles. The van der Waals surface area contributed by atoms with Gasteiger partial charge in [0.15, 0.2) is 0 Å². The predicted octanol–water partition coefficient (Wildman–Crippen LogP) is 15.6. The first-order chi connectivity index (χ1) is 28.2. The molecule has 2 nitrogen and oxygen atoms in total. The Labute approximate surface area is 335 Å². The smallest absolute Gasteiger partial charge is 0.0541 e. The van der Waals surface area contributed by atoms with E-state index in [0.29, 0.717) is 0 Å². The van der Waals surface area contributed by atoms with Gasteiger partial charge >= 0.3 is 0 Å². The fourth-order valence-electron chi connectivity index (χ4n) is 8.41. The first-order valence-corrected chi connectivity index (χ1v) is 20.2. The quantitative estimate of drug-likeness (QED) is 0.158. The average Bonchev–Trinajstić information content (AvgIpc) is 3.82. The molecule has 0 unspecified atom stereocenters. The maximum atomic E-state index is 2.38. The van der Waals surface area contributed by atoms with Gasteiger partial charge in [0.05, 0.1) is 11.0 Å². The van der Waals surface area contributed by atoms with Crippen molar-refractivity contribution in [3.8, 4) is 39.1 Å². The third-order valence-corrected chi connectivity index (χ3v) is 12.3. The Bertz CT molecular complexity index is 3120. The van der Waals surface area contributed by atoms with Crippen LogP contribution in [0.5, 0.6) is 0 Å². The highest BCUT2D eigenvalue weighted by molar-refractivity contribution is 7.25. The van der Waals surface area contributed by atoms with Crippen molar-refractivity contribution in [3.05, 3.63) is 218 Å². The van der Waals surface area contributed by atoms with Gasteiger partial charge in [0.25, 0.3) is 0 Å². The number of rotatable bonds is 7. The topological polar surface area (TPSA) is 8.17 Å². The molecule has 57 heavy (non-hydrogen) atoms. The molecule has 11 rings (SSSR count). The van der Waals surface area contributed by atoms with Gasteiger partial charge in [-0.05, 0) is 112 Å². The van der Waals surface area contributed by atoms with Crippen LogP contribution in [0.25, 0.3) is 81.0 Å². The van der Waals surface area contributed by atoms with E-state index < -0.39 is 0 Å². The zero-order valence-corrected chi connectivity index (χ0v) is 31.9. The zero-order valence-electron chi connectivity index (χ0n) is 31.1. The molecule has 0 atom stereocenters. The van der Waals surface area contributed by atoms with Crippen molar-refractivity contribution >= 4 is 70.4 Å². The van der Waals surface area contributed by atoms with Gasteiger partial charge in [-0.25, -0.2) is 0 Å². The molecular formula is C54H36N2S. The molecule has 0 N–H and O–H groups in total. The van der Waals surface area contributed by atoms with Crippen LogP contribution in [0.2, 0.25) is 0 Å². The Morgan fingerprint density at radius 1 is 0.298 bits per heavy atom. The van der Waals surface area contributed by atoms with Crippen LogP contribution in [-0.4, -0.2) is 4.57 Å². The number of hydrogen-bond donors (Lipinski definition) is 0. The molecule has 0 fully saturated rings. The van der Waals surface area contributed by atoms with Gasteiger partial charge in [-0.1, -0.05) is 140 Å². The molecule has 0 saturated carbocycles. The summed E-state index contributed by atoms with van der Waals surface area (Å²) in [4.78, 5) is 2.37. The minimum atomic E-state index is 1.12. The van der Waals surface area contributed by atoms with Crippen molar-refractivity contribution in [2.24, 2.45) is 0 Å². The Balaban J connectivity index is 0.994. The van der Waals surface area contributed by atoms with Crippen LogP contribution in [0.3, 0.4) is 0 Å². The number of benzene rings is 9. The lowest BCUT2D eigenvalue weighted by Gasteiger charge is -2.26. The van der Waals surface area contributed by atoms with Crippen molar-refractivity contribution in [3.63, 3.8) is 0 Å². The molecule has 0 aliphatic heterocycles. The fraction of sp³-hybridized carbons (Fsp3) is 0. The zero-order chi connectivity index (χ0) is 37.7. The molecular weight excluding hydrogens is 709 g/mol. The molecule has 268 valence electrons. The number of fused-ring (bicyclic) bond motifs is 6. The first kappa shape index (κ1) is 33.2. The van der Waals surface area contributed by atoms with Crippen LogP contribution in [0.1, 0.15) is 0 Å². The highest BCUT2D eigenvalue weighted by atomic mass is 32.1. The average molecular weight is 745 g/mol. The first-order valence-electron chi connectivity index (χ1n) is 19.4. The van der Waals surface area contributed by atoms with Gasteiger partial charge in [0.2, 0.25) is 0 Å². The van der Waals surface area contributed by atoms with Crippen LogP contribution in [0.15, 0.2) is 218 Å². The number of anilines is 3. The monoisotopic (exact) mass is 744 g/mol. The van der Waals surface area contributed by atoms with Crippen molar-refractivity contribution < 1.29 is 0 Å². The molecule has 3 heteroatoms. The van der Waals surface area contributed by atoms with E-state index in [1.807, 2.05) is 11.3 Å². The normalized spacial score (nSPS) is 11.5. The van der Waals surface area contributed by atoms with Gasteiger partial charge in [0, 0.05) is 53.7 Å². The van der Waals surface area contributed by atoms with Crippen LogP contribution < -0.4 is 4.90 Å². The molecule has 0 spiro atoms. The largest absolute Gasteiger partial charge is 0.310 e. The summed E-state index contributed by atoms with van der Waals surface area (Å²) in [6.45, 7) is 0. The number of thiophene rings is 1. The highest BCUT2D eigenvalue weighted by Crippen LogP contribution is 2.43. The summed E-state index contributed by atoms with van der Waals surface area (Å²) in [5, 5.41) is 5.10. The van der Waals surface area contributed by atoms with E-state index in [9.17, 15) is 0 Å². The molecule has 2 aromatic heterocycles. The van der Waals surface area contributed by atoms with E-state index in [2.05, 4.69) is 228 Å². The lowest BCUT2D eigenvalue weighted by Crippen LogP contribution is -2.09. The maximum Gasteiger partial charge on any atom is 0.0541 e. The van der Waals surface area contributed by atoms with E-state index >= 15 is 0 Å². The molecule has 0 amide bonds. The lowest BCUT2D eigenvalue weighted by molar-refractivity contribution is 1.18. The Kier molecular flexibility index (Phi) is 8.04.